The van der Waals surface area contributed by atoms with Crippen LogP contribution in [0.25, 0.3) is 22.0 Å². The molecule has 0 fully saturated rings. The largest absolute Gasteiger partial charge is 0.364 e. The number of nitrogens with zero attached hydrogens (tertiary/aromatic N) is 2. The summed E-state index contributed by atoms with van der Waals surface area (Å²) >= 11 is 0. The summed E-state index contributed by atoms with van der Waals surface area (Å²) in [6.07, 6.45) is 0. The van der Waals surface area contributed by atoms with E-state index in [4.69, 9.17) is 5.14 Å². The molecule has 0 saturated heterocycles. The molecule has 0 bridgehead atoms. The molecule has 7 nitrogen and oxygen atoms in total. The van der Waals surface area contributed by atoms with E-state index in [9.17, 15) is 18.5 Å². The summed E-state index contributed by atoms with van der Waals surface area (Å²) in [5.74, 6) is -0.291. The van der Waals surface area contributed by atoms with E-state index in [-0.39, 0.29) is 10.7 Å². The van der Waals surface area contributed by atoms with Crippen LogP contribution in [0.1, 0.15) is 5.56 Å². The monoisotopic (exact) mass is 343 g/mol. The van der Waals surface area contributed by atoms with Gasteiger partial charge in [0.2, 0.25) is 10.0 Å². The summed E-state index contributed by atoms with van der Waals surface area (Å²) in [4.78, 5) is 14.6. The van der Waals surface area contributed by atoms with Crippen LogP contribution in [0.2, 0.25) is 0 Å². The molecule has 0 aliphatic heterocycles. The average Bonchev–Trinajstić information content (AvgIpc) is 2.53. The first-order valence-corrected chi connectivity index (χ1v) is 8.50. The van der Waals surface area contributed by atoms with E-state index < -0.39 is 14.9 Å². The first-order chi connectivity index (χ1) is 11.3. The normalized spacial score (nSPS) is 11.6. The van der Waals surface area contributed by atoms with E-state index in [1.54, 1.807) is 43.3 Å². The smallest absolute Gasteiger partial charge is 0.358 e. The first kappa shape index (κ1) is 16.0. The molecule has 2 aromatic carbocycles. The Morgan fingerprint density at radius 3 is 2.42 bits per heavy atom. The van der Waals surface area contributed by atoms with Crippen LogP contribution >= 0.6 is 0 Å². The first-order valence-electron chi connectivity index (χ1n) is 6.96. The quantitative estimate of drug-likeness (QED) is 0.580. The molecule has 0 saturated carbocycles. The summed E-state index contributed by atoms with van der Waals surface area (Å²) in [7, 11) is -3.95. The van der Waals surface area contributed by atoms with E-state index in [1.165, 1.54) is 12.1 Å². The van der Waals surface area contributed by atoms with Crippen molar-refractivity contribution in [3.05, 3.63) is 64.2 Å². The van der Waals surface area contributed by atoms with Crippen LogP contribution in [0.5, 0.6) is 0 Å². The number of rotatable bonds is 3. The molecule has 3 aromatic rings. The number of primary sulfonamides is 1. The van der Waals surface area contributed by atoms with Crippen molar-refractivity contribution in [1.29, 1.82) is 0 Å². The maximum atomic E-state index is 11.9. The van der Waals surface area contributed by atoms with Crippen molar-refractivity contribution in [3.63, 3.8) is 0 Å². The van der Waals surface area contributed by atoms with Crippen molar-refractivity contribution in [2.24, 2.45) is 5.14 Å². The fraction of sp³-hybridized carbons (Fsp3) is 0.0625. The summed E-state index contributed by atoms with van der Waals surface area (Å²) in [6, 6.07) is 12.8. The van der Waals surface area contributed by atoms with Gasteiger partial charge in [0, 0.05) is 22.6 Å². The van der Waals surface area contributed by atoms with E-state index in [1.807, 2.05) is 0 Å². The second-order valence-electron chi connectivity index (χ2n) is 5.30. The van der Waals surface area contributed by atoms with Gasteiger partial charge in [0.1, 0.15) is 0 Å². The zero-order chi connectivity index (χ0) is 17.5. The van der Waals surface area contributed by atoms with Gasteiger partial charge < -0.3 is 10.1 Å². The summed E-state index contributed by atoms with van der Waals surface area (Å²) in [6.45, 7) is 1.74. The van der Waals surface area contributed by atoms with Gasteiger partial charge in [-0.1, -0.05) is 30.3 Å². The van der Waals surface area contributed by atoms with E-state index in [0.717, 1.165) is 0 Å². The molecular formula is C16H13N3O4S. The highest BCUT2D eigenvalue weighted by atomic mass is 32.2. The molecule has 2 N–H and O–H groups in total. The summed E-state index contributed by atoms with van der Waals surface area (Å²) < 4.78 is 23.7. The minimum absolute atomic E-state index is 0.0524. The molecule has 0 atom stereocenters. The van der Waals surface area contributed by atoms with Crippen LogP contribution < -0.4 is 5.14 Å². The third-order valence-corrected chi connectivity index (χ3v) is 4.67. The molecule has 8 heteroatoms. The van der Waals surface area contributed by atoms with Crippen LogP contribution in [0, 0.1) is 17.0 Å². The Hall–Kier alpha value is -2.84. The number of aryl methyl sites for hydroxylation is 1. The number of nitro groups is 1. The van der Waals surface area contributed by atoms with Gasteiger partial charge in [0.05, 0.1) is 4.90 Å². The van der Waals surface area contributed by atoms with Crippen LogP contribution in [0.15, 0.2) is 53.4 Å². The maximum Gasteiger partial charge on any atom is 0.364 e. The Bertz CT molecular complexity index is 1080. The molecule has 0 aliphatic carbocycles. The molecule has 1 aromatic heterocycles. The lowest BCUT2D eigenvalue weighted by Crippen LogP contribution is -2.13. The highest BCUT2D eigenvalue weighted by molar-refractivity contribution is 7.89. The van der Waals surface area contributed by atoms with Crippen LogP contribution in [-0.4, -0.2) is 18.3 Å². The Morgan fingerprint density at radius 1 is 1.08 bits per heavy atom. The molecule has 122 valence electrons. The number of para-hydroxylation sites is 1. The second-order valence-corrected chi connectivity index (χ2v) is 6.83. The fourth-order valence-electron chi connectivity index (χ4n) is 2.65. The number of hydrogen-bond donors (Lipinski definition) is 1. The van der Waals surface area contributed by atoms with Gasteiger partial charge in [-0.25, -0.2) is 13.6 Å². The number of aromatic nitrogens is 1. The number of benzene rings is 2. The molecular weight excluding hydrogens is 330 g/mol. The predicted molar refractivity (Wildman–Crippen MR) is 89.9 cm³/mol. The minimum atomic E-state index is -3.95. The zero-order valence-electron chi connectivity index (χ0n) is 12.6. The Labute approximate surface area is 138 Å². The Balaban J connectivity index is 2.43. The van der Waals surface area contributed by atoms with Gasteiger partial charge in [0.15, 0.2) is 5.52 Å². The molecule has 0 amide bonds. The lowest BCUT2D eigenvalue weighted by Gasteiger charge is -2.09. The third-order valence-electron chi connectivity index (χ3n) is 3.70. The number of nitrogens with two attached hydrogens (primary N) is 1. The average molecular weight is 343 g/mol. The summed E-state index contributed by atoms with van der Waals surface area (Å²) in [5, 5.41) is 17.1. The van der Waals surface area contributed by atoms with E-state index in [0.29, 0.717) is 27.6 Å². The summed E-state index contributed by atoms with van der Waals surface area (Å²) in [5.41, 5.74) is 1.88. The molecule has 24 heavy (non-hydrogen) atoms. The molecule has 0 aliphatic rings. The number of sulfonamides is 1. The molecule has 0 radical (unpaired) electrons. The van der Waals surface area contributed by atoms with Crippen molar-refractivity contribution in [2.45, 2.75) is 11.8 Å². The lowest BCUT2D eigenvalue weighted by molar-refractivity contribution is -0.389. The van der Waals surface area contributed by atoms with Crippen molar-refractivity contribution < 1.29 is 13.3 Å². The van der Waals surface area contributed by atoms with Crippen LogP contribution in [0.3, 0.4) is 0 Å². The zero-order valence-corrected chi connectivity index (χ0v) is 13.4. The van der Waals surface area contributed by atoms with Crippen molar-refractivity contribution in [1.82, 2.24) is 4.98 Å². The second kappa shape index (κ2) is 5.66. The van der Waals surface area contributed by atoms with Crippen molar-refractivity contribution in [3.8, 4) is 11.1 Å². The third kappa shape index (κ3) is 2.72. The lowest BCUT2D eigenvalue weighted by atomic mass is 10.00. The van der Waals surface area contributed by atoms with Crippen molar-refractivity contribution in [2.75, 3.05) is 0 Å². The van der Waals surface area contributed by atoms with Gasteiger partial charge in [0.25, 0.3) is 0 Å². The van der Waals surface area contributed by atoms with Crippen molar-refractivity contribution >= 4 is 26.7 Å². The van der Waals surface area contributed by atoms with Gasteiger partial charge in [-0.05, 0) is 34.5 Å². The minimum Gasteiger partial charge on any atom is -0.358 e. The highest BCUT2D eigenvalue weighted by Crippen LogP contribution is 2.33. The number of pyridine rings is 1. The molecule has 3 rings (SSSR count). The van der Waals surface area contributed by atoms with Gasteiger partial charge >= 0.3 is 5.82 Å². The fourth-order valence-corrected chi connectivity index (χ4v) is 3.40. The van der Waals surface area contributed by atoms with Gasteiger partial charge in [-0.2, -0.15) is 0 Å². The topological polar surface area (TPSA) is 116 Å². The molecule has 0 unspecified atom stereocenters. The Kier molecular flexibility index (Phi) is 3.78. The van der Waals surface area contributed by atoms with Gasteiger partial charge in [-0.15, -0.1) is 0 Å². The maximum absolute atomic E-state index is 11.9. The standard InChI is InChI=1S/C16H13N3O4S/c1-10-9-15(19(20)21)18-16-11(10)6-4-7-13(16)12-5-2-3-8-14(12)24(17,22)23/h2-9H,1H3,(H2,17,22,23). The van der Waals surface area contributed by atoms with Gasteiger partial charge in [-0.3, -0.25) is 0 Å². The SMILES string of the molecule is Cc1cc([N+](=O)[O-])nc2c(-c3ccccc3S(N)(=O)=O)cccc12. The number of hydrogen-bond acceptors (Lipinski definition) is 5. The van der Waals surface area contributed by atoms with Crippen LogP contribution in [0.4, 0.5) is 5.82 Å². The number of fused-ring (bicyclic) bond motifs is 1. The molecule has 1 heterocycles. The Morgan fingerprint density at radius 2 is 1.75 bits per heavy atom. The molecule has 0 spiro atoms. The predicted octanol–water partition coefficient (Wildman–Crippen LogP) is 2.77. The highest BCUT2D eigenvalue weighted by Gasteiger charge is 2.21. The van der Waals surface area contributed by atoms with E-state index in [2.05, 4.69) is 4.98 Å². The van der Waals surface area contributed by atoms with E-state index >= 15 is 0 Å². The van der Waals surface area contributed by atoms with Crippen LogP contribution in [-0.2, 0) is 10.0 Å².